The summed E-state index contributed by atoms with van der Waals surface area (Å²) in [5, 5.41) is 2.85. The van der Waals surface area contributed by atoms with Gasteiger partial charge in [0.15, 0.2) is 6.10 Å². The molecular formula is C16H18N2O3. The van der Waals surface area contributed by atoms with E-state index in [1.165, 1.54) is 0 Å². The van der Waals surface area contributed by atoms with Crippen LogP contribution in [0.2, 0.25) is 0 Å². The number of rotatable bonds is 4. The van der Waals surface area contributed by atoms with E-state index in [1.54, 1.807) is 0 Å². The third-order valence-electron chi connectivity index (χ3n) is 3.54. The second-order valence-corrected chi connectivity index (χ2v) is 5.16. The zero-order valence-corrected chi connectivity index (χ0v) is 11.9. The number of aryl methyl sites for hydroxylation is 2. The molecule has 0 bridgehead atoms. The van der Waals surface area contributed by atoms with Crippen LogP contribution in [-0.4, -0.2) is 12.5 Å². The average molecular weight is 286 g/mol. The van der Waals surface area contributed by atoms with Crippen LogP contribution in [0.25, 0.3) is 0 Å². The molecule has 1 amide bonds. The number of ether oxygens (including phenoxy) is 1. The minimum atomic E-state index is -0.310. The normalized spacial score (nSPS) is 15.2. The molecule has 5 heteroatoms. The largest absolute Gasteiger partial charge is 0.481 e. The molecule has 1 unspecified atom stereocenters. The van der Waals surface area contributed by atoms with Crippen molar-refractivity contribution < 1.29 is 13.9 Å². The van der Waals surface area contributed by atoms with Crippen molar-refractivity contribution in [3.05, 3.63) is 47.4 Å². The van der Waals surface area contributed by atoms with Crippen LogP contribution < -0.4 is 15.8 Å². The lowest BCUT2D eigenvalue weighted by Crippen LogP contribution is -2.20. The predicted octanol–water partition coefficient (Wildman–Crippen LogP) is 2.55. The molecule has 2 heterocycles. The van der Waals surface area contributed by atoms with Gasteiger partial charge in [0.1, 0.15) is 17.3 Å². The number of nitrogens with two attached hydrogens (primary N) is 1. The molecule has 1 atom stereocenters. The molecule has 5 nitrogen and oxygen atoms in total. The molecule has 3 N–H and O–H groups in total. The van der Waals surface area contributed by atoms with Gasteiger partial charge >= 0.3 is 0 Å². The molecule has 1 aromatic heterocycles. The summed E-state index contributed by atoms with van der Waals surface area (Å²) in [4.78, 5) is 11.4. The lowest BCUT2D eigenvalue weighted by Gasteiger charge is -2.20. The van der Waals surface area contributed by atoms with Crippen LogP contribution in [0.15, 0.2) is 34.7 Å². The lowest BCUT2D eigenvalue weighted by atomic mass is 10.0. The molecule has 0 fully saturated rings. The van der Waals surface area contributed by atoms with Gasteiger partial charge in [-0.2, -0.15) is 0 Å². The first-order chi connectivity index (χ1) is 10.2. The quantitative estimate of drug-likeness (QED) is 0.905. The topological polar surface area (TPSA) is 77.5 Å². The Labute approximate surface area is 123 Å². The zero-order valence-electron chi connectivity index (χ0n) is 11.9. The van der Waals surface area contributed by atoms with Crippen molar-refractivity contribution in [2.45, 2.75) is 25.9 Å². The van der Waals surface area contributed by atoms with Gasteiger partial charge in [0.25, 0.3) is 0 Å². The van der Waals surface area contributed by atoms with Crippen LogP contribution in [0.5, 0.6) is 5.75 Å². The average Bonchev–Trinajstić information content (AvgIpc) is 2.91. The Bertz CT molecular complexity index is 663. The zero-order chi connectivity index (χ0) is 14.8. The number of carbonyl (C=O) groups excluding carboxylic acids is 1. The Morgan fingerprint density at radius 2 is 2.19 bits per heavy atom. The van der Waals surface area contributed by atoms with Crippen molar-refractivity contribution in [2.24, 2.45) is 5.73 Å². The molecule has 1 aromatic carbocycles. The highest BCUT2D eigenvalue weighted by Crippen LogP contribution is 2.29. The summed E-state index contributed by atoms with van der Waals surface area (Å²) in [6, 6.07) is 9.42. The molecule has 0 aliphatic carbocycles. The first-order valence-corrected chi connectivity index (χ1v) is 7.01. The molecule has 3 rings (SSSR count). The first-order valence-electron chi connectivity index (χ1n) is 7.01. The number of carbonyl (C=O) groups is 1. The van der Waals surface area contributed by atoms with Gasteiger partial charge in [-0.25, -0.2) is 0 Å². The van der Waals surface area contributed by atoms with E-state index in [2.05, 4.69) is 5.32 Å². The van der Waals surface area contributed by atoms with E-state index in [0.29, 0.717) is 13.0 Å². The van der Waals surface area contributed by atoms with Crippen LogP contribution >= 0.6 is 0 Å². The van der Waals surface area contributed by atoms with Crippen molar-refractivity contribution in [1.29, 1.82) is 0 Å². The number of fused-ring (bicyclic) bond motifs is 1. The second-order valence-electron chi connectivity index (χ2n) is 5.16. The lowest BCUT2D eigenvalue weighted by molar-refractivity contribution is -0.116. The Balaban J connectivity index is 1.79. The van der Waals surface area contributed by atoms with Crippen LogP contribution in [0.1, 0.15) is 29.6 Å². The Hall–Kier alpha value is -2.27. The van der Waals surface area contributed by atoms with E-state index in [0.717, 1.165) is 34.9 Å². The number of amides is 1. The summed E-state index contributed by atoms with van der Waals surface area (Å²) in [5.74, 6) is 2.35. The van der Waals surface area contributed by atoms with Crippen molar-refractivity contribution >= 4 is 11.6 Å². The van der Waals surface area contributed by atoms with E-state index >= 15 is 0 Å². The Kier molecular flexibility index (Phi) is 3.66. The number of hydrogen-bond donors (Lipinski definition) is 2. The van der Waals surface area contributed by atoms with Gasteiger partial charge < -0.3 is 20.2 Å². The third-order valence-corrected chi connectivity index (χ3v) is 3.54. The smallest absolute Gasteiger partial charge is 0.224 e. The van der Waals surface area contributed by atoms with E-state index in [4.69, 9.17) is 14.9 Å². The van der Waals surface area contributed by atoms with Crippen LogP contribution in [0.3, 0.4) is 0 Å². The van der Waals surface area contributed by atoms with Crippen molar-refractivity contribution in [1.82, 2.24) is 0 Å². The number of hydrogen-bond acceptors (Lipinski definition) is 4. The Morgan fingerprint density at radius 3 is 2.90 bits per heavy atom. The number of furan rings is 1. The van der Waals surface area contributed by atoms with Gasteiger partial charge in [-0.15, -0.1) is 0 Å². The van der Waals surface area contributed by atoms with Gasteiger partial charge in [0.2, 0.25) is 5.91 Å². The molecule has 0 saturated heterocycles. The highest BCUT2D eigenvalue weighted by molar-refractivity contribution is 5.93. The van der Waals surface area contributed by atoms with Gasteiger partial charge in [-0.3, -0.25) is 4.79 Å². The minimum Gasteiger partial charge on any atom is -0.481 e. The number of anilines is 1. The fourth-order valence-electron chi connectivity index (χ4n) is 2.45. The van der Waals surface area contributed by atoms with E-state index < -0.39 is 0 Å². The molecule has 1 aliphatic rings. The molecule has 0 saturated carbocycles. The standard InChI is InChI=1S/C16H18N2O3/c1-10-2-6-14(20-10)15(9-17)21-12-4-5-13-11(8-12)3-7-16(19)18-13/h2,4-6,8,15H,3,7,9,17H2,1H3,(H,18,19). The maximum Gasteiger partial charge on any atom is 0.224 e. The van der Waals surface area contributed by atoms with Crippen molar-refractivity contribution in [2.75, 3.05) is 11.9 Å². The summed E-state index contributed by atoms with van der Waals surface area (Å²) in [5.41, 5.74) is 7.72. The number of nitrogens with one attached hydrogen (secondary N) is 1. The summed E-state index contributed by atoms with van der Waals surface area (Å²) in [6.07, 6.45) is 0.926. The summed E-state index contributed by atoms with van der Waals surface area (Å²) in [7, 11) is 0. The summed E-state index contributed by atoms with van der Waals surface area (Å²) >= 11 is 0. The van der Waals surface area contributed by atoms with Gasteiger partial charge in [0.05, 0.1) is 0 Å². The SMILES string of the molecule is Cc1ccc(C(CN)Oc2ccc3c(c2)CCC(=O)N3)o1. The summed E-state index contributed by atoms with van der Waals surface area (Å²) in [6.45, 7) is 2.22. The minimum absolute atomic E-state index is 0.0575. The highest BCUT2D eigenvalue weighted by atomic mass is 16.5. The molecule has 0 radical (unpaired) electrons. The maximum atomic E-state index is 11.4. The van der Waals surface area contributed by atoms with Gasteiger partial charge in [-0.1, -0.05) is 0 Å². The molecule has 1 aliphatic heterocycles. The molecule has 21 heavy (non-hydrogen) atoms. The van der Waals surface area contributed by atoms with Gasteiger partial charge in [0, 0.05) is 18.7 Å². The molecule has 2 aromatic rings. The monoisotopic (exact) mass is 286 g/mol. The van der Waals surface area contributed by atoms with E-state index in [9.17, 15) is 4.79 Å². The summed E-state index contributed by atoms with van der Waals surface area (Å²) < 4.78 is 11.5. The van der Waals surface area contributed by atoms with Crippen LogP contribution in [-0.2, 0) is 11.2 Å². The molecule has 110 valence electrons. The number of benzene rings is 1. The molecular weight excluding hydrogens is 268 g/mol. The first kappa shape index (κ1) is 13.7. The van der Waals surface area contributed by atoms with Crippen molar-refractivity contribution in [3.8, 4) is 5.75 Å². The van der Waals surface area contributed by atoms with Crippen LogP contribution in [0.4, 0.5) is 5.69 Å². The van der Waals surface area contributed by atoms with E-state index in [-0.39, 0.29) is 12.0 Å². The Morgan fingerprint density at radius 1 is 1.33 bits per heavy atom. The third kappa shape index (κ3) is 2.92. The van der Waals surface area contributed by atoms with E-state index in [1.807, 2.05) is 37.3 Å². The van der Waals surface area contributed by atoms with Crippen molar-refractivity contribution in [3.63, 3.8) is 0 Å². The fourth-order valence-corrected chi connectivity index (χ4v) is 2.45. The van der Waals surface area contributed by atoms with Gasteiger partial charge in [-0.05, 0) is 49.2 Å². The molecule has 0 spiro atoms. The second kappa shape index (κ2) is 5.61. The maximum absolute atomic E-state index is 11.4. The highest BCUT2D eigenvalue weighted by Gasteiger charge is 2.18. The van der Waals surface area contributed by atoms with Crippen LogP contribution in [0, 0.1) is 6.92 Å². The fraction of sp³-hybridized carbons (Fsp3) is 0.312. The predicted molar refractivity (Wildman–Crippen MR) is 79.3 cm³/mol.